The molecule has 2 heterocycles. The van der Waals surface area contributed by atoms with Crippen molar-refractivity contribution >= 4 is 23.3 Å². The number of nitrogens with zero attached hydrogens (tertiary/aromatic N) is 3. The summed E-state index contributed by atoms with van der Waals surface area (Å²) in [6.07, 6.45) is 1.82. The zero-order chi connectivity index (χ0) is 18.0. The van der Waals surface area contributed by atoms with Gasteiger partial charge >= 0.3 is 0 Å². The van der Waals surface area contributed by atoms with Crippen LogP contribution in [0.2, 0.25) is 5.02 Å². The molecule has 6 nitrogen and oxygen atoms in total. The number of carbonyl (C=O) groups excluding carboxylic acids is 1. The number of rotatable bonds is 2. The summed E-state index contributed by atoms with van der Waals surface area (Å²) >= 11 is 5.66. The van der Waals surface area contributed by atoms with Crippen LogP contribution in [0.5, 0.6) is 5.75 Å². The van der Waals surface area contributed by atoms with E-state index in [1.807, 2.05) is 32.6 Å². The van der Waals surface area contributed by atoms with Crippen LogP contribution in [0, 0.1) is 17.2 Å². The van der Waals surface area contributed by atoms with Gasteiger partial charge in [-0.25, -0.2) is 4.98 Å². The molecule has 1 aliphatic heterocycles. The van der Waals surface area contributed by atoms with Crippen LogP contribution in [-0.4, -0.2) is 40.5 Å². The number of halogens is 1. The third kappa shape index (κ3) is 6.05. The standard InChI is InChI=1S/C12H13ClN4O2.2C2H6/c1-17-6-7(2-9(17)4-14)12(19)16-11-10(18)3-8(13)5-15-11;2*1-2/h3,5,7,9,18H,2,6H2,1H3,(H,15,16,19);2*1-2H3. The number of hydrogen-bond donors (Lipinski definition) is 2. The number of pyridine rings is 1. The smallest absolute Gasteiger partial charge is 0.230 e. The lowest BCUT2D eigenvalue weighted by Crippen LogP contribution is -2.26. The van der Waals surface area contributed by atoms with Gasteiger partial charge in [0.15, 0.2) is 11.6 Å². The Labute approximate surface area is 143 Å². The van der Waals surface area contributed by atoms with Crippen LogP contribution in [-0.2, 0) is 4.79 Å². The van der Waals surface area contributed by atoms with E-state index in [2.05, 4.69) is 16.4 Å². The van der Waals surface area contributed by atoms with Gasteiger partial charge in [-0.15, -0.1) is 0 Å². The first-order chi connectivity index (χ1) is 11.0. The Morgan fingerprint density at radius 1 is 1.48 bits per heavy atom. The van der Waals surface area contributed by atoms with E-state index >= 15 is 0 Å². The predicted molar refractivity (Wildman–Crippen MR) is 92.4 cm³/mol. The van der Waals surface area contributed by atoms with Crippen molar-refractivity contribution in [2.75, 3.05) is 18.9 Å². The molecule has 1 aromatic rings. The molecule has 128 valence electrons. The summed E-state index contributed by atoms with van der Waals surface area (Å²) < 4.78 is 0. The fourth-order valence-electron chi connectivity index (χ4n) is 2.08. The molecule has 0 aliphatic carbocycles. The first-order valence-electron chi connectivity index (χ1n) is 7.76. The zero-order valence-electron chi connectivity index (χ0n) is 14.3. The van der Waals surface area contributed by atoms with Gasteiger partial charge in [0, 0.05) is 18.8 Å². The maximum atomic E-state index is 12.0. The summed E-state index contributed by atoms with van der Waals surface area (Å²) in [4.78, 5) is 17.7. The Morgan fingerprint density at radius 3 is 2.57 bits per heavy atom. The SMILES string of the molecule is CC.CC.CN1CC(C(=O)Nc2ncc(Cl)cc2O)CC1C#N. The summed E-state index contributed by atoms with van der Waals surface area (Å²) in [5, 5.41) is 21.4. The van der Waals surface area contributed by atoms with Crippen molar-refractivity contribution in [2.45, 2.75) is 40.2 Å². The molecule has 0 radical (unpaired) electrons. The number of aromatic hydroxyl groups is 1. The van der Waals surface area contributed by atoms with E-state index in [-0.39, 0.29) is 29.4 Å². The lowest BCUT2D eigenvalue weighted by Gasteiger charge is -2.11. The molecular weight excluding hydrogens is 316 g/mol. The van der Waals surface area contributed by atoms with Crippen molar-refractivity contribution in [3.05, 3.63) is 17.3 Å². The predicted octanol–water partition coefficient (Wildman–Crippen LogP) is 3.28. The molecule has 0 aromatic carbocycles. The summed E-state index contributed by atoms with van der Waals surface area (Å²) in [5.74, 6) is -0.636. The van der Waals surface area contributed by atoms with Gasteiger partial charge in [-0.2, -0.15) is 5.26 Å². The van der Waals surface area contributed by atoms with Gasteiger partial charge < -0.3 is 10.4 Å². The third-order valence-electron chi connectivity index (χ3n) is 3.14. The van der Waals surface area contributed by atoms with Crippen LogP contribution in [0.4, 0.5) is 5.82 Å². The van der Waals surface area contributed by atoms with Gasteiger partial charge in [-0.05, 0) is 13.5 Å². The molecule has 23 heavy (non-hydrogen) atoms. The second-order valence-electron chi connectivity index (χ2n) is 4.53. The molecule has 1 aromatic heterocycles. The Bertz CT molecular complexity index is 545. The molecule has 7 heteroatoms. The molecule has 1 aliphatic rings. The zero-order valence-corrected chi connectivity index (χ0v) is 15.1. The number of likely N-dealkylation sites (tertiary alicyclic amines) is 1. The normalized spacial score (nSPS) is 19.5. The lowest BCUT2D eigenvalue weighted by atomic mass is 10.1. The van der Waals surface area contributed by atoms with E-state index in [9.17, 15) is 9.90 Å². The summed E-state index contributed by atoms with van der Waals surface area (Å²) in [7, 11) is 1.80. The van der Waals surface area contributed by atoms with Crippen molar-refractivity contribution in [2.24, 2.45) is 5.92 Å². The molecule has 0 bridgehead atoms. The summed E-state index contributed by atoms with van der Waals surface area (Å²) in [6, 6.07) is 3.21. The van der Waals surface area contributed by atoms with Gasteiger partial charge in [-0.1, -0.05) is 39.3 Å². The van der Waals surface area contributed by atoms with E-state index in [4.69, 9.17) is 16.9 Å². The van der Waals surface area contributed by atoms with Gasteiger partial charge in [0.25, 0.3) is 0 Å². The highest BCUT2D eigenvalue weighted by Gasteiger charge is 2.34. The number of anilines is 1. The monoisotopic (exact) mass is 340 g/mol. The molecule has 1 amide bonds. The Morgan fingerprint density at radius 2 is 2.09 bits per heavy atom. The van der Waals surface area contributed by atoms with E-state index in [1.165, 1.54) is 12.3 Å². The van der Waals surface area contributed by atoms with Gasteiger partial charge in [0.1, 0.15) is 0 Å². The van der Waals surface area contributed by atoms with E-state index in [0.717, 1.165) is 0 Å². The van der Waals surface area contributed by atoms with Crippen LogP contribution in [0.25, 0.3) is 0 Å². The number of nitrogens with one attached hydrogen (secondary N) is 1. The maximum Gasteiger partial charge on any atom is 0.230 e. The van der Waals surface area contributed by atoms with Gasteiger partial charge in [-0.3, -0.25) is 9.69 Å². The lowest BCUT2D eigenvalue weighted by molar-refractivity contribution is -0.119. The average Bonchev–Trinajstić information content (AvgIpc) is 2.95. The minimum absolute atomic E-state index is 0.0810. The molecule has 1 fully saturated rings. The molecule has 1 saturated heterocycles. The van der Waals surface area contributed by atoms with Gasteiger partial charge in [0.05, 0.1) is 23.1 Å². The highest BCUT2D eigenvalue weighted by atomic mass is 35.5. The number of carbonyl (C=O) groups is 1. The van der Waals surface area contributed by atoms with Crippen molar-refractivity contribution in [3.8, 4) is 11.8 Å². The Kier molecular flexibility index (Phi) is 9.95. The van der Waals surface area contributed by atoms with Crippen molar-refractivity contribution < 1.29 is 9.90 Å². The largest absolute Gasteiger partial charge is 0.504 e. The third-order valence-corrected chi connectivity index (χ3v) is 3.35. The van der Waals surface area contributed by atoms with Crippen molar-refractivity contribution in [1.82, 2.24) is 9.88 Å². The number of nitriles is 1. The van der Waals surface area contributed by atoms with Crippen LogP contribution in [0.15, 0.2) is 12.3 Å². The quantitative estimate of drug-likeness (QED) is 0.862. The first-order valence-corrected chi connectivity index (χ1v) is 8.14. The molecule has 2 unspecified atom stereocenters. The van der Waals surface area contributed by atoms with E-state index < -0.39 is 0 Å². The number of hydrogen-bond acceptors (Lipinski definition) is 5. The fraction of sp³-hybridized carbons (Fsp3) is 0.562. The fourth-order valence-corrected chi connectivity index (χ4v) is 2.24. The highest BCUT2D eigenvalue weighted by Crippen LogP contribution is 2.26. The van der Waals surface area contributed by atoms with Crippen LogP contribution in [0.1, 0.15) is 34.1 Å². The maximum absolute atomic E-state index is 12.0. The first kappa shape index (κ1) is 21.2. The minimum Gasteiger partial charge on any atom is -0.504 e. The second kappa shape index (κ2) is 10.8. The minimum atomic E-state index is -0.286. The van der Waals surface area contributed by atoms with Crippen LogP contribution in [0.3, 0.4) is 0 Å². The molecule has 0 saturated carbocycles. The molecule has 2 rings (SSSR count). The van der Waals surface area contributed by atoms with Crippen LogP contribution >= 0.6 is 11.6 Å². The molecule has 0 spiro atoms. The van der Waals surface area contributed by atoms with Crippen molar-refractivity contribution in [3.63, 3.8) is 0 Å². The second-order valence-corrected chi connectivity index (χ2v) is 4.96. The highest BCUT2D eigenvalue weighted by molar-refractivity contribution is 6.30. The summed E-state index contributed by atoms with van der Waals surface area (Å²) in [6.45, 7) is 8.51. The molecular formula is C16H25ClN4O2. The van der Waals surface area contributed by atoms with E-state index in [1.54, 1.807) is 7.05 Å². The number of aromatic nitrogens is 1. The Hall–Kier alpha value is -1.84. The average molecular weight is 341 g/mol. The van der Waals surface area contributed by atoms with Crippen LogP contribution < -0.4 is 5.32 Å². The van der Waals surface area contributed by atoms with Crippen molar-refractivity contribution in [1.29, 1.82) is 5.26 Å². The topological polar surface area (TPSA) is 89.2 Å². The Balaban J connectivity index is 0.00000112. The van der Waals surface area contributed by atoms with E-state index in [0.29, 0.717) is 18.0 Å². The molecule has 2 atom stereocenters. The van der Waals surface area contributed by atoms with Gasteiger partial charge in [0.2, 0.25) is 5.91 Å². The summed E-state index contributed by atoms with van der Waals surface area (Å²) in [5.41, 5.74) is 0. The number of amides is 1. The molecule has 2 N–H and O–H groups in total.